The summed E-state index contributed by atoms with van der Waals surface area (Å²) in [5.74, 6) is -0.0961. The summed E-state index contributed by atoms with van der Waals surface area (Å²) in [6.07, 6.45) is 0. The Morgan fingerprint density at radius 1 is 1.56 bits per heavy atom. The average Bonchev–Trinajstić information content (AvgIpc) is 2.39. The minimum atomic E-state index is -0.0978. The molecule has 0 saturated heterocycles. The molecule has 0 aliphatic rings. The van der Waals surface area contributed by atoms with Crippen LogP contribution in [0.25, 0.3) is 0 Å². The number of carbonyl (C=O) groups is 1. The van der Waals surface area contributed by atoms with Gasteiger partial charge in [0.2, 0.25) is 5.91 Å². The number of benzene rings is 1. The summed E-state index contributed by atoms with van der Waals surface area (Å²) >= 11 is 6.05. The molecular formula is C11H15ClN4O2. The first-order chi connectivity index (χ1) is 8.58. The zero-order chi connectivity index (χ0) is 13.5. The van der Waals surface area contributed by atoms with E-state index in [9.17, 15) is 4.79 Å². The molecule has 0 aliphatic heterocycles. The molecule has 5 N–H and O–H groups in total. The Labute approximate surface area is 110 Å². The Morgan fingerprint density at radius 3 is 2.83 bits per heavy atom. The largest absolute Gasteiger partial charge is 0.409 e. The Hall–Kier alpha value is -1.79. The predicted molar refractivity (Wildman–Crippen MR) is 69.7 cm³/mol. The highest BCUT2D eigenvalue weighted by Gasteiger charge is 2.05. The van der Waals surface area contributed by atoms with Crippen LogP contribution >= 0.6 is 11.6 Å². The molecule has 0 aliphatic carbocycles. The zero-order valence-corrected chi connectivity index (χ0v) is 10.7. The Bertz CT molecular complexity index is 462. The molecule has 1 rings (SSSR count). The van der Waals surface area contributed by atoms with Gasteiger partial charge < -0.3 is 21.6 Å². The average molecular weight is 271 g/mol. The van der Waals surface area contributed by atoms with E-state index in [2.05, 4.69) is 15.8 Å². The molecule has 1 aromatic carbocycles. The van der Waals surface area contributed by atoms with Gasteiger partial charge in [-0.1, -0.05) is 28.9 Å². The molecule has 1 aromatic rings. The van der Waals surface area contributed by atoms with Gasteiger partial charge in [0.05, 0.1) is 6.54 Å². The van der Waals surface area contributed by atoms with Crippen molar-refractivity contribution in [3.63, 3.8) is 0 Å². The van der Waals surface area contributed by atoms with E-state index in [1.54, 1.807) is 25.2 Å². The third-order valence-corrected chi connectivity index (χ3v) is 2.69. The van der Waals surface area contributed by atoms with E-state index in [-0.39, 0.29) is 18.3 Å². The van der Waals surface area contributed by atoms with Crippen molar-refractivity contribution in [2.75, 3.05) is 13.6 Å². The third-order valence-electron chi connectivity index (χ3n) is 2.34. The summed E-state index contributed by atoms with van der Waals surface area (Å²) < 4.78 is 0. The summed E-state index contributed by atoms with van der Waals surface area (Å²) in [5.41, 5.74) is 6.81. The number of nitrogens with two attached hydrogens (primary N) is 1. The van der Waals surface area contributed by atoms with Crippen LogP contribution in [0.1, 0.15) is 11.1 Å². The van der Waals surface area contributed by atoms with Crippen LogP contribution in [0.2, 0.25) is 5.02 Å². The van der Waals surface area contributed by atoms with E-state index >= 15 is 0 Å². The maximum atomic E-state index is 11.0. The highest BCUT2D eigenvalue weighted by molar-refractivity contribution is 6.31. The minimum absolute atomic E-state index is 0.00164. The number of hydrogen-bond acceptors (Lipinski definition) is 4. The number of oxime groups is 1. The highest BCUT2D eigenvalue weighted by atomic mass is 35.5. The van der Waals surface area contributed by atoms with Gasteiger partial charge in [0.25, 0.3) is 0 Å². The lowest BCUT2D eigenvalue weighted by Gasteiger charge is -2.07. The molecule has 0 unspecified atom stereocenters. The van der Waals surface area contributed by atoms with Crippen molar-refractivity contribution in [2.24, 2.45) is 10.9 Å². The molecular weight excluding hydrogens is 256 g/mol. The van der Waals surface area contributed by atoms with Crippen LogP contribution < -0.4 is 16.4 Å². The van der Waals surface area contributed by atoms with Crippen LogP contribution in [0.15, 0.2) is 23.4 Å². The molecule has 7 heteroatoms. The first-order valence-corrected chi connectivity index (χ1v) is 5.64. The van der Waals surface area contributed by atoms with Gasteiger partial charge in [-0.2, -0.15) is 0 Å². The van der Waals surface area contributed by atoms with Gasteiger partial charge in [-0.25, -0.2) is 0 Å². The second-order valence-corrected chi connectivity index (χ2v) is 3.98. The number of likely N-dealkylation sites (N-methyl/N-ethyl adjacent to an activating group) is 1. The SMILES string of the molecule is CNC(=O)CNCc1ccc(/C(N)=N/O)cc1Cl. The molecule has 0 bridgehead atoms. The van der Waals surface area contributed by atoms with Crippen molar-refractivity contribution in [3.8, 4) is 0 Å². The van der Waals surface area contributed by atoms with E-state index in [1.807, 2.05) is 0 Å². The number of carbonyl (C=O) groups excluding carboxylic acids is 1. The van der Waals surface area contributed by atoms with Gasteiger partial charge in [0.15, 0.2) is 5.84 Å². The van der Waals surface area contributed by atoms with Crippen LogP contribution in [0.4, 0.5) is 0 Å². The zero-order valence-electron chi connectivity index (χ0n) is 9.90. The van der Waals surface area contributed by atoms with Crippen molar-refractivity contribution in [3.05, 3.63) is 34.3 Å². The van der Waals surface area contributed by atoms with E-state index in [0.717, 1.165) is 5.56 Å². The highest BCUT2D eigenvalue weighted by Crippen LogP contribution is 2.17. The molecule has 0 saturated carbocycles. The Kier molecular flexibility index (Phi) is 5.41. The lowest BCUT2D eigenvalue weighted by atomic mass is 10.1. The fourth-order valence-corrected chi connectivity index (χ4v) is 1.55. The van der Waals surface area contributed by atoms with Gasteiger partial charge in [-0.05, 0) is 11.6 Å². The minimum Gasteiger partial charge on any atom is -0.409 e. The fraction of sp³-hybridized carbons (Fsp3) is 0.273. The van der Waals surface area contributed by atoms with Crippen LogP contribution in [-0.4, -0.2) is 30.5 Å². The van der Waals surface area contributed by atoms with Crippen LogP contribution in [0.3, 0.4) is 0 Å². The summed E-state index contributed by atoms with van der Waals surface area (Å²) in [4.78, 5) is 11.0. The first kappa shape index (κ1) is 14.3. The molecule has 0 radical (unpaired) electrons. The fourth-order valence-electron chi connectivity index (χ4n) is 1.31. The maximum Gasteiger partial charge on any atom is 0.233 e. The van der Waals surface area contributed by atoms with E-state index in [4.69, 9.17) is 22.5 Å². The van der Waals surface area contributed by atoms with Crippen molar-refractivity contribution < 1.29 is 10.0 Å². The monoisotopic (exact) mass is 270 g/mol. The van der Waals surface area contributed by atoms with Gasteiger partial charge in [-0.15, -0.1) is 0 Å². The smallest absolute Gasteiger partial charge is 0.233 e. The number of amides is 1. The number of amidine groups is 1. The van der Waals surface area contributed by atoms with Crippen molar-refractivity contribution in [1.82, 2.24) is 10.6 Å². The molecule has 18 heavy (non-hydrogen) atoms. The molecule has 0 fully saturated rings. The Morgan fingerprint density at radius 2 is 2.28 bits per heavy atom. The summed E-state index contributed by atoms with van der Waals surface area (Å²) in [7, 11) is 1.57. The number of nitrogens with one attached hydrogen (secondary N) is 2. The van der Waals surface area contributed by atoms with E-state index in [0.29, 0.717) is 17.1 Å². The van der Waals surface area contributed by atoms with Gasteiger partial charge in [-0.3, -0.25) is 4.79 Å². The number of halogens is 1. The van der Waals surface area contributed by atoms with Gasteiger partial charge >= 0.3 is 0 Å². The summed E-state index contributed by atoms with van der Waals surface area (Å²) in [6.45, 7) is 0.678. The predicted octanol–water partition coefficient (Wildman–Crippen LogP) is 0.270. The number of nitrogens with zero attached hydrogens (tertiary/aromatic N) is 1. The van der Waals surface area contributed by atoms with Gasteiger partial charge in [0.1, 0.15) is 0 Å². The molecule has 6 nitrogen and oxygen atoms in total. The maximum absolute atomic E-state index is 11.0. The summed E-state index contributed by atoms with van der Waals surface area (Å²) in [6, 6.07) is 5.05. The first-order valence-electron chi connectivity index (χ1n) is 5.26. The molecule has 0 spiro atoms. The lowest BCUT2D eigenvalue weighted by molar-refractivity contribution is -0.119. The number of rotatable bonds is 5. The molecule has 0 heterocycles. The molecule has 0 atom stereocenters. The lowest BCUT2D eigenvalue weighted by Crippen LogP contribution is -2.31. The quantitative estimate of drug-likeness (QED) is 0.267. The van der Waals surface area contributed by atoms with Crippen LogP contribution in [0, 0.1) is 0 Å². The second-order valence-electron chi connectivity index (χ2n) is 3.57. The number of hydrogen-bond donors (Lipinski definition) is 4. The van der Waals surface area contributed by atoms with Gasteiger partial charge in [0, 0.05) is 24.2 Å². The normalized spacial score (nSPS) is 11.3. The van der Waals surface area contributed by atoms with Crippen LogP contribution in [0.5, 0.6) is 0 Å². The Balaban J connectivity index is 2.66. The van der Waals surface area contributed by atoms with Crippen molar-refractivity contribution in [2.45, 2.75) is 6.54 Å². The van der Waals surface area contributed by atoms with Crippen LogP contribution in [-0.2, 0) is 11.3 Å². The van der Waals surface area contributed by atoms with Crippen molar-refractivity contribution >= 4 is 23.3 Å². The molecule has 0 aromatic heterocycles. The standard InChI is InChI=1S/C11H15ClN4O2/c1-14-10(17)6-15-5-8-3-2-7(4-9(8)12)11(13)16-18/h2-4,15,18H,5-6H2,1H3,(H2,13,16)(H,14,17). The van der Waals surface area contributed by atoms with E-state index in [1.165, 1.54) is 0 Å². The summed E-state index contributed by atoms with van der Waals surface area (Å²) in [5, 5.41) is 17.4. The molecule has 98 valence electrons. The third kappa shape index (κ3) is 3.90. The topological polar surface area (TPSA) is 99.7 Å². The molecule has 1 amide bonds. The van der Waals surface area contributed by atoms with E-state index < -0.39 is 0 Å². The second kappa shape index (κ2) is 6.83. The van der Waals surface area contributed by atoms with Crippen molar-refractivity contribution in [1.29, 1.82) is 0 Å².